The first-order chi connectivity index (χ1) is 11.1. The number of amides is 1. The van der Waals surface area contributed by atoms with Gasteiger partial charge in [-0.3, -0.25) is 9.69 Å². The lowest BCUT2D eigenvalue weighted by Gasteiger charge is -2.37. The number of rotatable bonds is 3. The molecule has 2 fully saturated rings. The molecule has 1 heterocycles. The van der Waals surface area contributed by atoms with E-state index in [1.807, 2.05) is 18.2 Å². The minimum absolute atomic E-state index is 0.283. The molecule has 1 saturated heterocycles. The van der Waals surface area contributed by atoms with Crippen LogP contribution in [0.5, 0.6) is 0 Å². The predicted octanol–water partition coefficient (Wildman–Crippen LogP) is 4.22. The van der Waals surface area contributed by atoms with Gasteiger partial charge in [-0.2, -0.15) is 0 Å². The van der Waals surface area contributed by atoms with Crippen LogP contribution in [-0.4, -0.2) is 41.9 Å². The van der Waals surface area contributed by atoms with Crippen LogP contribution in [0.4, 0.5) is 0 Å². The summed E-state index contributed by atoms with van der Waals surface area (Å²) in [6, 6.07) is 5.80. The van der Waals surface area contributed by atoms with Gasteiger partial charge in [0.25, 0.3) is 0 Å². The number of hydrogen-bond donors (Lipinski definition) is 0. The van der Waals surface area contributed by atoms with Crippen LogP contribution in [0.1, 0.15) is 37.7 Å². The van der Waals surface area contributed by atoms with E-state index in [4.69, 9.17) is 23.2 Å². The van der Waals surface area contributed by atoms with E-state index in [1.54, 1.807) is 0 Å². The molecule has 1 aromatic rings. The molecule has 0 aromatic heterocycles. The number of piperazine rings is 1. The van der Waals surface area contributed by atoms with Gasteiger partial charge in [0.1, 0.15) is 0 Å². The summed E-state index contributed by atoms with van der Waals surface area (Å²) in [5.41, 5.74) is 1.17. The van der Waals surface area contributed by atoms with Crippen LogP contribution in [0.2, 0.25) is 10.0 Å². The summed E-state index contributed by atoms with van der Waals surface area (Å²) < 4.78 is 0. The Bertz CT molecular complexity index is 550. The van der Waals surface area contributed by atoms with Gasteiger partial charge in [0, 0.05) is 38.6 Å². The summed E-state index contributed by atoms with van der Waals surface area (Å²) in [4.78, 5) is 17.0. The van der Waals surface area contributed by atoms with Crippen molar-refractivity contribution in [2.24, 2.45) is 5.92 Å². The lowest BCUT2D eigenvalue weighted by molar-refractivity contribution is -0.138. The third-order valence-electron chi connectivity index (χ3n) is 5.03. The van der Waals surface area contributed by atoms with E-state index < -0.39 is 0 Å². The van der Waals surface area contributed by atoms with Crippen molar-refractivity contribution < 1.29 is 4.79 Å². The Labute approximate surface area is 148 Å². The van der Waals surface area contributed by atoms with E-state index in [1.165, 1.54) is 24.8 Å². The van der Waals surface area contributed by atoms with Crippen molar-refractivity contribution >= 4 is 29.1 Å². The number of benzene rings is 1. The molecular weight excluding hydrogens is 331 g/mol. The lowest BCUT2D eigenvalue weighted by atomic mass is 9.88. The maximum atomic E-state index is 12.6. The second-order valence-electron chi connectivity index (χ2n) is 6.68. The molecule has 3 rings (SSSR count). The van der Waals surface area contributed by atoms with E-state index >= 15 is 0 Å². The summed E-state index contributed by atoms with van der Waals surface area (Å²) in [6.07, 6.45) is 5.90. The Morgan fingerprint density at radius 3 is 2.35 bits per heavy atom. The highest BCUT2D eigenvalue weighted by molar-refractivity contribution is 6.42. The van der Waals surface area contributed by atoms with Crippen molar-refractivity contribution in [3.8, 4) is 0 Å². The summed E-state index contributed by atoms with van der Waals surface area (Å²) in [5, 5.41) is 1.20. The molecule has 1 amide bonds. The first kappa shape index (κ1) is 17.1. The molecule has 3 nitrogen and oxygen atoms in total. The highest BCUT2D eigenvalue weighted by Crippen LogP contribution is 2.26. The van der Waals surface area contributed by atoms with E-state index in [-0.39, 0.29) is 5.92 Å². The van der Waals surface area contributed by atoms with Gasteiger partial charge in [0.05, 0.1) is 10.0 Å². The molecule has 1 aromatic carbocycles. The molecule has 23 heavy (non-hydrogen) atoms. The van der Waals surface area contributed by atoms with Crippen LogP contribution >= 0.6 is 23.2 Å². The molecular formula is C18H24Cl2N2O. The Hall–Kier alpha value is -0.770. The number of carbonyl (C=O) groups excluding carboxylic acids is 1. The third kappa shape index (κ3) is 4.40. The third-order valence-corrected chi connectivity index (χ3v) is 5.77. The van der Waals surface area contributed by atoms with Crippen LogP contribution in [-0.2, 0) is 11.3 Å². The zero-order chi connectivity index (χ0) is 16.2. The van der Waals surface area contributed by atoms with Gasteiger partial charge in [-0.1, -0.05) is 48.5 Å². The van der Waals surface area contributed by atoms with E-state index in [0.29, 0.717) is 16.0 Å². The SMILES string of the molecule is O=C(C1CCCCC1)N1CCN(Cc2ccc(Cl)c(Cl)c2)CC1. The molecule has 0 N–H and O–H groups in total. The Morgan fingerprint density at radius 2 is 1.70 bits per heavy atom. The molecule has 2 aliphatic rings. The molecule has 0 radical (unpaired) electrons. The quantitative estimate of drug-likeness (QED) is 0.811. The summed E-state index contributed by atoms with van der Waals surface area (Å²) in [5.74, 6) is 0.671. The number of nitrogens with zero attached hydrogens (tertiary/aromatic N) is 2. The van der Waals surface area contributed by atoms with Crippen molar-refractivity contribution in [3.63, 3.8) is 0 Å². The molecule has 0 spiro atoms. The predicted molar refractivity (Wildman–Crippen MR) is 94.9 cm³/mol. The summed E-state index contributed by atoms with van der Waals surface area (Å²) in [6.45, 7) is 4.41. The zero-order valence-electron chi connectivity index (χ0n) is 13.4. The van der Waals surface area contributed by atoms with Crippen LogP contribution in [0.3, 0.4) is 0 Å². The van der Waals surface area contributed by atoms with Gasteiger partial charge in [-0.15, -0.1) is 0 Å². The van der Waals surface area contributed by atoms with E-state index in [0.717, 1.165) is 45.6 Å². The van der Waals surface area contributed by atoms with Crippen LogP contribution in [0.25, 0.3) is 0 Å². The largest absolute Gasteiger partial charge is 0.340 e. The van der Waals surface area contributed by atoms with Crippen molar-refractivity contribution in [3.05, 3.63) is 33.8 Å². The smallest absolute Gasteiger partial charge is 0.225 e. The average molecular weight is 355 g/mol. The Morgan fingerprint density at radius 1 is 1.00 bits per heavy atom. The fraction of sp³-hybridized carbons (Fsp3) is 0.611. The first-order valence-electron chi connectivity index (χ1n) is 8.58. The molecule has 126 valence electrons. The number of hydrogen-bond acceptors (Lipinski definition) is 2. The maximum Gasteiger partial charge on any atom is 0.225 e. The topological polar surface area (TPSA) is 23.6 Å². The molecule has 1 saturated carbocycles. The number of carbonyl (C=O) groups is 1. The van der Waals surface area contributed by atoms with E-state index in [9.17, 15) is 4.79 Å². The van der Waals surface area contributed by atoms with E-state index in [2.05, 4.69) is 9.80 Å². The molecule has 0 unspecified atom stereocenters. The van der Waals surface area contributed by atoms with Gasteiger partial charge in [0.2, 0.25) is 5.91 Å². The fourth-order valence-corrected chi connectivity index (χ4v) is 3.95. The standard InChI is InChI=1S/C18H24Cl2N2O/c19-16-7-6-14(12-17(16)20)13-21-8-10-22(11-9-21)18(23)15-4-2-1-3-5-15/h6-7,12,15H,1-5,8-11,13H2. The fourth-order valence-electron chi connectivity index (χ4n) is 3.63. The van der Waals surface area contributed by atoms with Gasteiger partial charge < -0.3 is 4.90 Å². The molecule has 0 atom stereocenters. The molecule has 1 aliphatic carbocycles. The van der Waals surface area contributed by atoms with Crippen molar-refractivity contribution in [2.45, 2.75) is 38.6 Å². The lowest BCUT2D eigenvalue weighted by Crippen LogP contribution is -2.50. The average Bonchev–Trinajstić information content (AvgIpc) is 2.59. The van der Waals surface area contributed by atoms with Gasteiger partial charge in [-0.05, 0) is 30.5 Å². The minimum Gasteiger partial charge on any atom is -0.340 e. The second kappa shape index (κ2) is 7.87. The monoisotopic (exact) mass is 354 g/mol. The molecule has 5 heteroatoms. The maximum absolute atomic E-state index is 12.6. The Kier molecular flexibility index (Phi) is 5.84. The normalized spacial score (nSPS) is 20.7. The Balaban J connectivity index is 1.49. The first-order valence-corrected chi connectivity index (χ1v) is 9.34. The zero-order valence-corrected chi connectivity index (χ0v) is 15.0. The van der Waals surface area contributed by atoms with Crippen LogP contribution < -0.4 is 0 Å². The van der Waals surface area contributed by atoms with Crippen molar-refractivity contribution in [2.75, 3.05) is 26.2 Å². The molecule has 0 bridgehead atoms. The molecule has 1 aliphatic heterocycles. The van der Waals surface area contributed by atoms with Crippen LogP contribution in [0.15, 0.2) is 18.2 Å². The second-order valence-corrected chi connectivity index (χ2v) is 7.50. The minimum atomic E-state index is 0.283. The van der Waals surface area contributed by atoms with Crippen LogP contribution in [0, 0.1) is 5.92 Å². The van der Waals surface area contributed by atoms with Gasteiger partial charge in [-0.25, -0.2) is 0 Å². The van der Waals surface area contributed by atoms with Crippen molar-refractivity contribution in [1.29, 1.82) is 0 Å². The summed E-state index contributed by atoms with van der Waals surface area (Å²) >= 11 is 12.0. The highest BCUT2D eigenvalue weighted by atomic mass is 35.5. The van der Waals surface area contributed by atoms with Gasteiger partial charge in [0.15, 0.2) is 0 Å². The number of halogens is 2. The highest BCUT2D eigenvalue weighted by Gasteiger charge is 2.28. The van der Waals surface area contributed by atoms with Crippen molar-refractivity contribution in [1.82, 2.24) is 9.80 Å². The van der Waals surface area contributed by atoms with Gasteiger partial charge >= 0.3 is 0 Å². The summed E-state index contributed by atoms with van der Waals surface area (Å²) in [7, 11) is 0.